The third kappa shape index (κ3) is 5.00. The van der Waals surface area contributed by atoms with E-state index in [9.17, 15) is 9.59 Å². The van der Waals surface area contributed by atoms with Crippen molar-refractivity contribution in [2.45, 2.75) is 20.3 Å². The van der Waals surface area contributed by atoms with E-state index in [0.29, 0.717) is 11.4 Å². The smallest absolute Gasteiger partial charge is 0.312 e. The second-order valence-electron chi connectivity index (χ2n) is 4.61. The molecule has 0 spiro atoms. The Kier molecular flexibility index (Phi) is 5.05. The van der Waals surface area contributed by atoms with Gasteiger partial charge in [-0.05, 0) is 31.5 Å². The molecular weight excluding hydrogens is 288 g/mol. The zero-order valence-corrected chi connectivity index (χ0v) is 12.7. The number of amides is 1. The van der Waals surface area contributed by atoms with E-state index in [2.05, 4.69) is 10.3 Å². The summed E-state index contributed by atoms with van der Waals surface area (Å²) in [5, 5.41) is 5.38. The maximum absolute atomic E-state index is 11.7. The first-order valence-electron chi connectivity index (χ1n) is 6.46. The molecule has 21 heavy (non-hydrogen) atoms. The van der Waals surface area contributed by atoms with E-state index in [1.54, 1.807) is 6.07 Å². The fraction of sp³-hybridized carbons (Fsp3) is 0.267. The van der Waals surface area contributed by atoms with Gasteiger partial charge in [-0.3, -0.25) is 9.59 Å². The molecule has 110 valence electrons. The Balaban J connectivity index is 1.77. The molecule has 5 nitrogen and oxygen atoms in total. The Morgan fingerprint density at radius 3 is 2.81 bits per heavy atom. The van der Waals surface area contributed by atoms with Gasteiger partial charge in [0.05, 0.1) is 17.1 Å². The van der Waals surface area contributed by atoms with Gasteiger partial charge in [0.1, 0.15) is 0 Å². The number of carbonyl (C=O) groups is 2. The summed E-state index contributed by atoms with van der Waals surface area (Å²) in [5.41, 5.74) is 2.40. The molecule has 0 unspecified atom stereocenters. The summed E-state index contributed by atoms with van der Waals surface area (Å²) in [6, 6.07) is 7.41. The number of carbonyl (C=O) groups excluding carboxylic acids is 2. The van der Waals surface area contributed by atoms with Crippen LogP contribution in [0.3, 0.4) is 0 Å². The summed E-state index contributed by atoms with van der Waals surface area (Å²) < 4.78 is 4.93. The van der Waals surface area contributed by atoms with Crippen molar-refractivity contribution in [1.29, 1.82) is 0 Å². The van der Waals surface area contributed by atoms with Crippen LogP contribution in [0.4, 0.5) is 5.69 Å². The normalized spacial score (nSPS) is 10.2. The second kappa shape index (κ2) is 6.99. The molecule has 1 N–H and O–H groups in total. The molecular formula is C15H16N2O3S. The topological polar surface area (TPSA) is 68.3 Å². The van der Waals surface area contributed by atoms with E-state index in [0.717, 1.165) is 10.6 Å². The van der Waals surface area contributed by atoms with Crippen molar-refractivity contribution in [2.75, 3.05) is 11.9 Å². The standard InChI is InChI=1S/C15H16N2O3S/c1-10-4-3-5-12(6-10)17-14(18)8-20-15(19)7-13-9-21-11(2)16-13/h3-6,9H,7-8H2,1-2H3,(H,17,18). The van der Waals surface area contributed by atoms with Crippen LogP contribution in [0.25, 0.3) is 0 Å². The number of esters is 1. The zero-order valence-electron chi connectivity index (χ0n) is 11.9. The van der Waals surface area contributed by atoms with Gasteiger partial charge in [0.2, 0.25) is 0 Å². The number of anilines is 1. The minimum atomic E-state index is -0.459. The molecule has 0 fully saturated rings. The summed E-state index contributed by atoms with van der Waals surface area (Å²) in [6.45, 7) is 3.51. The lowest BCUT2D eigenvalue weighted by molar-refractivity contribution is -0.146. The largest absolute Gasteiger partial charge is 0.455 e. The van der Waals surface area contributed by atoms with Gasteiger partial charge in [0.25, 0.3) is 5.91 Å². The van der Waals surface area contributed by atoms with Crippen molar-refractivity contribution in [3.63, 3.8) is 0 Å². The third-order valence-corrected chi connectivity index (χ3v) is 3.48. The number of nitrogens with one attached hydrogen (secondary N) is 1. The summed E-state index contributed by atoms with van der Waals surface area (Å²) >= 11 is 1.48. The first-order chi connectivity index (χ1) is 10.0. The number of thiazole rings is 1. The fourth-order valence-electron chi connectivity index (χ4n) is 1.75. The second-order valence-corrected chi connectivity index (χ2v) is 5.68. The Morgan fingerprint density at radius 2 is 2.14 bits per heavy atom. The molecule has 2 aromatic rings. The Bertz CT molecular complexity index is 652. The number of ether oxygens (including phenoxy) is 1. The lowest BCUT2D eigenvalue weighted by Crippen LogP contribution is -2.21. The van der Waals surface area contributed by atoms with Gasteiger partial charge in [-0.2, -0.15) is 0 Å². The van der Waals surface area contributed by atoms with Crippen LogP contribution in [0.5, 0.6) is 0 Å². The van der Waals surface area contributed by atoms with Crippen molar-refractivity contribution < 1.29 is 14.3 Å². The molecule has 0 saturated heterocycles. The highest BCUT2D eigenvalue weighted by Crippen LogP contribution is 2.10. The lowest BCUT2D eigenvalue weighted by atomic mass is 10.2. The van der Waals surface area contributed by atoms with Crippen LogP contribution < -0.4 is 5.32 Å². The zero-order chi connectivity index (χ0) is 15.2. The monoisotopic (exact) mass is 304 g/mol. The van der Waals surface area contributed by atoms with Gasteiger partial charge in [-0.25, -0.2) is 4.98 Å². The Morgan fingerprint density at radius 1 is 1.33 bits per heavy atom. The SMILES string of the molecule is Cc1cccc(NC(=O)COC(=O)Cc2csc(C)n2)c1. The summed E-state index contributed by atoms with van der Waals surface area (Å²) in [5.74, 6) is -0.817. The van der Waals surface area contributed by atoms with E-state index in [-0.39, 0.29) is 18.9 Å². The highest BCUT2D eigenvalue weighted by atomic mass is 32.1. The number of nitrogens with zero attached hydrogens (tertiary/aromatic N) is 1. The summed E-state index contributed by atoms with van der Waals surface area (Å²) in [6.07, 6.45) is 0.0854. The van der Waals surface area contributed by atoms with Gasteiger partial charge in [0.15, 0.2) is 6.61 Å². The molecule has 0 aliphatic heterocycles. The van der Waals surface area contributed by atoms with E-state index in [1.165, 1.54) is 11.3 Å². The first kappa shape index (κ1) is 15.2. The number of aryl methyl sites for hydroxylation is 2. The third-order valence-electron chi connectivity index (χ3n) is 2.66. The Hall–Kier alpha value is -2.21. The first-order valence-corrected chi connectivity index (χ1v) is 7.34. The molecule has 1 amide bonds. The van der Waals surface area contributed by atoms with Crippen LogP contribution in [-0.2, 0) is 20.7 Å². The van der Waals surface area contributed by atoms with Gasteiger partial charge in [-0.15, -0.1) is 11.3 Å². The van der Waals surface area contributed by atoms with E-state index < -0.39 is 5.97 Å². The minimum absolute atomic E-state index is 0.0854. The van der Waals surface area contributed by atoms with Crippen LogP contribution in [0.15, 0.2) is 29.6 Å². The maximum Gasteiger partial charge on any atom is 0.312 e. The quantitative estimate of drug-likeness (QED) is 0.862. The minimum Gasteiger partial charge on any atom is -0.455 e. The molecule has 0 aliphatic rings. The van der Waals surface area contributed by atoms with Crippen molar-refractivity contribution in [3.8, 4) is 0 Å². The molecule has 1 aromatic carbocycles. The number of rotatable bonds is 5. The molecule has 1 aromatic heterocycles. The number of hydrogen-bond acceptors (Lipinski definition) is 5. The van der Waals surface area contributed by atoms with Crippen LogP contribution in [0.1, 0.15) is 16.3 Å². The number of hydrogen-bond donors (Lipinski definition) is 1. The van der Waals surface area contributed by atoms with Crippen molar-refractivity contribution >= 4 is 28.9 Å². The van der Waals surface area contributed by atoms with Gasteiger partial charge >= 0.3 is 5.97 Å². The van der Waals surface area contributed by atoms with Crippen LogP contribution in [-0.4, -0.2) is 23.5 Å². The van der Waals surface area contributed by atoms with Crippen LogP contribution >= 0.6 is 11.3 Å². The lowest BCUT2D eigenvalue weighted by Gasteiger charge is -2.06. The van der Waals surface area contributed by atoms with Crippen molar-refractivity contribution in [3.05, 3.63) is 45.9 Å². The van der Waals surface area contributed by atoms with Gasteiger partial charge in [-0.1, -0.05) is 12.1 Å². The summed E-state index contributed by atoms with van der Waals surface area (Å²) in [4.78, 5) is 27.5. The molecule has 1 heterocycles. The van der Waals surface area contributed by atoms with Gasteiger partial charge < -0.3 is 10.1 Å². The van der Waals surface area contributed by atoms with E-state index >= 15 is 0 Å². The number of aromatic nitrogens is 1. The average Bonchev–Trinajstić information content (AvgIpc) is 2.82. The maximum atomic E-state index is 11.7. The summed E-state index contributed by atoms with van der Waals surface area (Å²) in [7, 11) is 0. The molecule has 6 heteroatoms. The van der Waals surface area contributed by atoms with Crippen molar-refractivity contribution in [1.82, 2.24) is 4.98 Å². The molecule has 0 atom stereocenters. The molecule has 0 saturated carbocycles. The molecule has 2 rings (SSSR count). The molecule has 0 radical (unpaired) electrons. The highest BCUT2D eigenvalue weighted by Gasteiger charge is 2.10. The molecule has 0 aliphatic carbocycles. The Labute approximate surface area is 127 Å². The van der Waals surface area contributed by atoms with Crippen LogP contribution in [0, 0.1) is 13.8 Å². The predicted molar refractivity (Wildman–Crippen MR) is 81.3 cm³/mol. The average molecular weight is 304 g/mol. The highest BCUT2D eigenvalue weighted by molar-refractivity contribution is 7.09. The molecule has 0 bridgehead atoms. The van der Waals surface area contributed by atoms with Gasteiger partial charge in [0, 0.05) is 11.1 Å². The van der Waals surface area contributed by atoms with E-state index in [4.69, 9.17) is 4.74 Å². The van der Waals surface area contributed by atoms with E-state index in [1.807, 2.05) is 37.4 Å². The van der Waals surface area contributed by atoms with Crippen LogP contribution in [0.2, 0.25) is 0 Å². The predicted octanol–water partition coefficient (Wildman–Crippen LogP) is 2.48. The van der Waals surface area contributed by atoms with Crippen molar-refractivity contribution in [2.24, 2.45) is 0 Å². The number of benzene rings is 1. The fourth-order valence-corrected chi connectivity index (χ4v) is 2.37.